The highest BCUT2D eigenvalue weighted by atomic mass is 16.4. The van der Waals surface area contributed by atoms with Gasteiger partial charge in [-0.25, -0.2) is 0 Å². The quantitative estimate of drug-likeness (QED) is 0.651. The Bertz CT molecular complexity index is 330. The number of aliphatic carboxylic acids is 1. The standard InChI is InChI=1S/C12H20N2O4/c1-2-13-10(15)7-14-11(16)8-4-3-5-9(6-8)12(17)18/h8-9H,2-7H2,1H3,(H,13,15)(H,14,16)(H,17,18). The summed E-state index contributed by atoms with van der Waals surface area (Å²) in [6.07, 6.45) is 2.45. The monoisotopic (exact) mass is 256 g/mol. The third kappa shape index (κ3) is 4.35. The van der Waals surface area contributed by atoms with E-state index in [4.69, 9.17) is 5.11 Å². The van der Waals surface area contributed by atoms with Gasteiger partial charge < -0.3 is 15.7 Å². The number of hydrogen-bond acceptors (Lipinski definition) is 3. The number of carboxylic acid groups (broad SMARTS) is 1. The molecular formula is C12H20N2O4. The number of hydrogen-bond donors (Lipinski definition) is 3. The fourth-order valence-electron chi connectivity index (χ4n) is 2.22. The smallest absolute Gasteiger partial charge is 0.306 e. The molecule has 2 atom stereocenters. The van der Waals surface area contributed by atoms with Crippen LogP contribution in [-0.2, 0) is 14.4 Å². The van der Waals surface area contributed by atoms with E-state index in [1.165, 1.54) is 0 Å². The van der Waals surface area contributed by atoms with Crippen LogP contribution in [0.3, 0.4) is 0 Å². The first-order chi connectivity index (χ1) is 8.54. The Morgan fingerprint density at radius 2 is 1.83 bits per heavy atom. The molecule has 0 spiro atoms. The molecule has 2 unspecified atom stereocenters. The van der Waals surface area contributed by atoms with Gasteiger partial charge in [0.2, 0.25) is 11.8 Å². The van der Waals surface area contributed by atoms with Crippen LogP contribution < -0.4 is 10.6 Å². The fraction of sp³-hybridized carbons (Fsp3) is 0.750. The molecule has 0 aromatic heterocycles. The minimum Gasteiger partial charge on any atom is -0.481 e. The van der Waals surface area contributed by atoms with Gasteiger partial charge in [0.25, 0.3) is 0 Å². The van der Waals surface area contributed by atoms with E-state index < -0.39 is 11.9 Å². The molecule has 1 aliphatic rings. The zero-order valence-electron chi connectivity index (χ0n) is 10.6. The highest BCUT2D eigenvalue weighted by molar-refractivity contribution is 5.86. The highest BCUT2D eigenvalue weighted by Crippen LogP contribution is 2.29. The molecule has 0 aromatic carbocycles. The van der Waals surface area contributed by atoms with Gasteiger partial charge in [-0.3, -0.25) is 14.4 Å². The summed E-state index contributed by atoms with van der Waals surface area (Å²) in [5.41, 5.74) is 0. The second-order valence-corrected chi connectivity index (χ2v) is 4.57. The van der Waals surface area contributed by atoms with Crippen molar-refractivity contribution in [3.63, 3.8) is 0 Å². The van der Waals surface area contributed by atoms with Crippen LogP contribution in [0.4, 0.5) is 0 Å². The van der Waals surface area contributed by atoms with E-state index in [2.05, 4.69) is 10.6 Å². The Kier molecular flexibility index (Phi) is 5.61. The number of carbonyl (C=O) groups excluding carboxylic acids is 2. The lowest BCUT2D eigenvalue weighted by molar-refractivity contribution is -0.144. The van der Waals surface area contributed by atoms with E-state index in [1.54, 1.807) is 6.92 Å². The zero-order valence-corrected chi connectivity index (χ0v) is 10.6. The zero-order chi connectivity index (χ0) is 13.5. The van der Waals surface area contributed by atoms with Gasteiger partial charge in [0.1, 0.15) is 0 Å². The number of likely N-dealkylation sites (N-methyl/N-ethyl adjacent to an activating group) is 1. The predicted octanol–water partition coefficient (Wildman–Crippen LogP) is 0.130. The average Bonchev–Trinajstić information content (AvgIpc) is 2.36. The molecule has 1 fully saturated rings. The molecule has 0 radical (unpaired) electrons. The van der Waals surface area contributed by atoms with Crippen LogP contribution in [0.5, 0.6) is 0 Å². The lowest BCUT2D eigenvalue weighted by Crippen LogP contribution is -2.41. The van der Waals surface area contributed by atoms with Gasteiger partial charge >= 0.3 is 5.97 Å². The van der Waals surface area contributed by atoms with Crippen molar-refractivity contribution in [3.05, 3.63) is 0 Å². The van der Waals surface area contributed by atoms with Gasteiger partial charge in [-0.1, -0.05) is 6.42 Å². The Balaban J connectivity index is 2.37. The Morgan fingerprint density at radius 1 is 1.17 bits per heavy atom. The van der Waals surface area contributed by atoms with Crippen molar-refractivity contribution in [3.8, 4) is 0 Å². The molecule has 0 bridgehead atoms. The molecule has 0 heterocycles. The lowest BCUT2D eigenvalue weighted by atomic mass is 9.81. The fourth-order valence-corrected chi connectivity index (χ4v) is 2.22. The van der Waals surface area contributed by atoms with E-state index in [9.17, 15) is 14.4 Å². The van der Waals surface area contributed by atoms with Crippen LogP contribution in [0.15, 0.2) is 0 Å². The number of amides is 2. The first-order valence-electron chi connectivity index (χ1n) is 6.31. The van der Waals surface area contributed by atoms with E-state index in [-0.39, 0.29) is 24.3 Å². The van der Waals surface area contributed by atoms with Crippen molar-refractivity contribution in [2.75, 3.05) is 13.1 Å². The molecule has 1 aliphatic carbocycles. The lowest BCUT2D eigenvalue weighted by Gasteiger charge is -2.25. The van der Waals surface area contributed by atoms with Gasteiger partial charge in [-0.2, -0.15) is 0 Å². The Morgan fingerprint density at radius 3 is 2.44 bits per heavy atom. The molecule has 102 valence electrons. The molecule has 6 heteroatoms. The summed E-state index contributed by atoms with van der Waals surface area (Å²) in [6.45, 7) is 2.29. The van der Waals surface area contributed by atoms with Crippen molar-refractivity contribution in [2.24, 2.45) is 11.8 Å². The maximum absolute atomic E-state index is 11.8. The molecule has 1 rings (SSSR count). The van der Waals surface area contributed by atoms with E-state index in [0.29, 0.717) is 25.8 Å². The third-order valence-corrected chi connectivity index (χ3v) is 3.19. The number of carboxylic acids is 1. The minimum atomic E-state index is -0.837. The van der Waals surface area contributed by atoms with Crippen molar-refractivity contribution in [1.82, 2.24) is 10.6 Å². The number of rotatable bonds is 5. The minimum absolute atomic E-state index is 0.0408. The van der Waals surface area contributed by atoms with Crippen LogP contribution in [-0.4, -0.2) is 36.0 Å². The summed E-state index contributed by atoms with van der Waals surface area (Å²) in [6, 6.07) is 0. The maximum Gasteiger partial charge on any atom is 0.306 e. The summed E-state index contributed by atoms with van der Waals surface area (Å²) in [7, 11) is 0. The molecular weight excluding hydrogens is 236 g/mol. The summed E-state index contributed by atoms with van der Waals surface area (Å²) in [4.78, 5) is 33.9. The molecule has 6 nitrogen and oxygen atoms in total. The van der Waals surface area contributed by atoms with Crippen LogP contribution in [0.1, 0.15) is 32.6 Å². The average molecular weight is 256 g/mol. The normalized spacial score (nSPS) is 23.2. The van der Waals surface area contributed by atoms with Gasteiger partial charge in [-0.15, -0.1) is 0 Å². The van der Waals surface area contributed by atoms with Crippen LogP contribution >= 0.6 is 0 Å². The topological polar surface area (TPSA) is 95.5 Å². The molecule has 0 aliphatic heterocycles. The van der Waals surface area contributed by atoms with Crippen LogP contribution in [0.2, 0.25) is 0 Å². The maximum atomic E-state index is 11.8. The van der Waals surface area contributed by atoms with Crippen molar-refractivity contribution in [1.29, 1.82) is 0 Å². The first-order valence-corrected chi connectivity index (χ1v) is 6.31. The third-order valence-electron chi connectivity index (χ3n) is 3.19. The van der Waals surface area contributed by atoms with Gasteiger partial charge in [-0.05, 0) is 26.2 Å². The summed E-state index contributed by atoms with van der Waals surface area (Å²) >= 11 is 0. The molecule has 1 saturated carbocycles. The number of nitrogens with one attached hydrogen (secondary N) is 2. The molecule has 2 amide bonds. The summed E-state index contributed by atoms with van der Waals surface area (Å²) in [5, 5.41) is 14.1. The van der Waals surface area contributed by atoms with Gasteiger partial charge in [0, 0.05) is 12.5 Å². The van der Waals surface area contributed by atoms with Crippen molar-refractivity contribution >= 4 is 17.8 Å². The van der Waals surface area contributed by atoms with Crippen LogP contribution in [0, 0.1) is 11.8 Å². The Labute approximate surface area is 106 Å². The SMILES string of the molecule is CCNC(=O)CNC(=O)C1CCCC(C(=O)O)C1. The second-order valence-electron chi connectivity index (χ2n) is 4.57. The highest BCUT2D eigenvalue weighted by Gasteiger charge is 2.30. The summed E-state index contributed by atoms with van der Waals surface area (Å²) in [5.74, 6) is -1.99. The molecule has 0 saturated heterocycles. The predicted molar refractivity (Wildman–Crippen MR) is 64.8 cm³/mol. The van der Waals surface area contributed by atoms with E-state index in [0.717, 1.165) is 6.42 Å². The molecule has 3 N–H and O–H groups in total. The molecule has 0 aromatic rings. The second kappa shape index (κ2) is 6.98. The first kappa shape index (κ1) is 14.5. The van der Waals surface area contributed by atoms with Gasteiger partial charge in [0.05, 0.1) is 12.5 Å². The van der Waals surface area contributed by atoms with Crippen molar-refractivity contribution in [2.45, 2.75) is 32.6 Å². The van der Waals surface area contributed by atoms with Crippen molar-refractivity contribution < 1.29 is 19.5 Å². The Hall–Kier alpha value is -1.59. The molecule has 18 heavy (non-hydrogen) atoms. The van der Waals surface area contributed by atoms with E-state index in [1.807, 2.05) is 0 Å². The van der Waals surface area contributed by atoms with Gasteiger partial charge in [0.15, 0.2) is 0 Å². The number of carbonyl (C=O) groups is 3. The largest absolute Gasteiger partial charge is 0.481 e. The van der Waals surface area contributed by atoms with E-state index >= 15 is 0 Å². The van der Waals surface area contributed by atoms with Crippen LogP contribution in [0.25, 0.3) is 0 Å². The summed E-state index contributed by atoms with van der Waals surface area (Å²) < 4.78 is 0.